The minimum atomic E-state index is -4.50. The molecule has 0 amide bonds. The number of carboxylic acid groups (broad SMARTS) is 1. The number of hydrogen-bond acceptors (Lipinski definition) is 2. The van der Waals surface area contributed by atoms with Gasteiger partial charge in [-0.15, -0.1) is 0 Å². The van der Waals surface area contributed by atoms with E-state index in [4.69, 9.17) is 5.11 Å². The van der Waals surface area contributed by atoms with Crippen LogP contribution in [-0.4, -0.2) is 17.4 Å². The molecule has 0 atom stereocenters. The van der Waals surface area contributed by atoms with Gasteiger partial charge in [-0.25, -0.2) is 0 Å². The fourth-order valence-electron chi connectivity index (χ4n) is 1.29. The maximum Gasteiger partial charge on any atom is 0.416 e. The first-order chi connectivity index (χ1) is 8.34. The highest BCUT2D eigenvalue weighted by atomic mass is 19.4. The Morgan fingerprint density at radius 3 is 2.44 bits per heavy atom. The number of alkyl halides is 3. The van der Waals surface area contributed by atoms with Crippen LogP contribution in [0.3, 0.4) is 0 Å². The Labute approximate surface area is 101 Å². The van der Waals surface area contributed by atoms with Crippen LogP contribution in [0.15, 0.2) is 24.3 Å². The van der Waals surface area contributed by atoms with Gasteiger partial charge < -0.3 is 5.11 Å². The number of hydrogen-bond donors (Lipinski definition) is 1. The van der Waals surface area contributed by atoms with Crippen molar-refractivity contribution in [3.63, 3.8) is 0 Å². The average Bonchev–Trinajstić information content (AvgIpc) is 2.27. The molecule has 0 saturated carbocycles. The predicted octanol–water partition coefficient (Wildman–Crippen LogP) is 3.01. The van der Waals surface area contributed by atoms with Crippen molar-refractivity contribution in [3.8, 4) is 0 Å². The van der Waals surface area contributed by atoms with Gasteiger partial charge in [-0.2, -0.15) is 13.2 Å². The minimum absolute atomic E-state index is 0.0427. The molecule has 0 fully saturated rings. The highest BCUT2D eigenvalue weighted by molar-refractivity contribution is 5.82. The summed E-state index contributed by atoms with van der Waals surface area (Å²) in [6, 6.07) is 2.66. The Balaban J connectivity index is 3.10. The number of halogens is 3. The van der Waals surface area contributed by atoms with Crippen molar-refractivity contribution in [1.29, 1.82) is 0 Å². The zero-order valence-electron chi connectivity index (χ0n) is 9.07. The molecule has 6 heteroatoms. The lowest BCUT2D eigenvalue weighted by molar-refractivity contribution is -0.138. The highest BCUT2D eigenvalue weighted by Crippen LogP contribution is 2.30. The van der Waals surface area contributed by atoms with Crippen molar-refractivity contribution in [2.45, 2.75) is 12.6 Å². The Morgan fingerprint density at radius 2 is 1.94 bits per heavy atom. The van der Waals surface area contributed by atoms with E-state index in [0.717, 1.165) is 18.2 Å². The Bertz CT molecular complexity index is 490. The smallest absolute Gasteiger partial charge is 0.416 e. The van der Waals surface area contributed by atoms with Gasteiger partial charge in [-0.05, 0) is 17.7 Å². The summed E-state index contributed by atoms with van der Waals surface area (Å²) in [7, 11) is 0. The summed E-state index contributed by atoms with van der Waals surface area (Å²) >= 11 is 0. The third-order valence-electron chi connectivity index (χ3n) is 2.13. The van der Waals surface area contributed by atoms with Crippen molar-refractivity contribution < 1.29 is 27.9 Å². The van der Waals surface area contributed by atoms with E-state index < -0.39 is 17.7 Å². The molecule has 0 unspecified atom stereocenters. The standard InChI is InChI=1S/C12H9F3O3/c13-12(14,15)10-5-4-9(7-16)8(6-10)2-1-3-11(17)18/h1-2,4-7H,3H2,(H,17,18). The molecular formula is C12H9F3O3. The second kappa shape index (κ2) is 5.48. The van der Waals surface area contributed by atoms with Gasteiger partial charge in [-0.3, -0.25) is 9.59 Å². The van der Waals surface area contributed by atoms with Gasteiger partial charge in [0.05, 0.1) is 12.0 Å². The normalized spacial score (nSPS) is 11.7. The topological polar surface area (TPSA) is 54.4 Å². The molecule has 0 heterocycles. The molecule has 0 aliphatic rings. The Kier molecular flexibility index (Phi) is 4.25. The third kappa shape index (κ3) is 3.73. The van der Waals surface area contributed by atoms with E-state index >= 15 is 0 Å². The number of aldehydes is 1. The fourth-order valence-corrected chi connectivity index (χ4v) is 1.29. The van der Waals surface area contributed by atoms with Gasteiger partial charge in [0.15, 0.2) is 6.29 Å². The van der Waals surface area contributed by atoms with E-state index in [1.54, 1.807) is 0 Å². The van der Waals surface area contributed by atoms with Crippen molar-refractivity contribution in [1.82, 2.24) is 0 Å². The number of benzene rings is 1. The van der Waals surface area contributed by atoms with E-state index in [2.05, 4.69) is 0 Å². The summed E-state index contributed by atoms with van der Waals surface area (Å²) in [4.78, 5) is 20.9. The molecule has 0 aliphatic carbocycles. The summed E-state index contributed by atoms with van der Waals surface area (Å²) in [5.41, 5.74) is -0.770. The van der Waals surface area contributed by atoms with E-state index in [1.807, 2.05) is 0 Å². The first-order valence-corrected chi connectivity index (χ1v) is 4.89. The zero-order valence-corrected chi connectivity index (χ0v) is 9.07. The summed E-state index contributed by atoms with van der Waals surface area (Å²) in [5, 5.41) is 8.40. The van der Waals surface area contributed by atoms with Crippen molar-refractivity contribution in [2.24, 2.45) is 0 Å². The summed E-state index contributed by atoms with van der Waals surface area (Å²) < 4.78 is 37.3. The van der Waals surface area contributed by atoms with Crippen LogP contribution in [0, 0.1) is 0 Å². The molecule has 1 N–H and O–H groups in total. The summed E-state index contributed by atoms with van der Waals surface area (Å²) in [6.45, 7) is 0. The Hall–Kier alpha value is -2.11. The van der Waals surface area contributed by atoms with Gasteiger partial charge >= 0.3 is 12.1 Å². The predicted molar refractivity (Wildman–Crippen MR) is 58.1 cm³/mol. The molecule has 0 radical (unpaired) electrons. The van der Waals surface area contributed by atoms with Gasteiger partial charge in [0.2, 0.25) is 0 Å². The van der Waals surface area contributed by atoms with E-state index in [9.17, 15) is 22.8 Å². The first-order valence-electron chi connectivity index (χ1n) is 4.89. The lowest BCUT2D eigenvalue weighted by Crippen LogP contribution is -2.05. The molecule has 1 aromatic rings. The van der Waals surface area contributed by atoms with Crippen LogP contribution in [0.5, 0.6) is 0 Å². The molecule has 0 aromatic heterocycles. The Morgan fingerprint density at radius 1 is 1.28 bits per heavy atom. The van der Waals surface area contributed by atoms with Crippen LogP contribution in [0.1, 0.15) is 27.9 Å². The maximum atomic E-state index is 12.4. The average molecular weight is 258 g/mol. The number of carbonyl (C=O) groups excluding carboxylic acids is 1. The third-order valence-corrected chi connectivity index (χ3v) is 2.13. The lowest BCUT2D eigenvalue weighted by Gasteiger charge is -2.08. The van der Waals surface area contributed by atoms with Crippen LogP contribution in [0.2, 0.25) is 0 Å². The van der Waals surface area contributed by atoms with Crippen LogP contribution in [-0.2, 0) is 11.0 Å². The molecule has 3 nitrogen and oxygen atoms in total. The second-order valence-corrected chi connectivity index (χ2v) is 3.46. The van der Waals surface area contributed by atoms with E-state index in [0.29, 0.717) is 6.29 Å². The quantitative estimate of drug-likeness (QED) is 0.844. The largest absolute Gasteiger partial charge is 0.481 e. The first kappa shape index (κ1) is 14.0. The lowest BCUT2D eigenvalue weighted by atomic mass is 10.0. The monoisotopic (exact) mass is 258 g/mol. The molecule has 96 valence electrons. The fraction of sp³-hybridized carbons (Fsp3) is 0.167. The number of rotatable bonds is 4. The zero-order chi connectivity index (χ0) is 13.8. The van der Waals surface area contributed by atoms with E-state index in [-0.39, 0.29) is 17.5 Å². The SMILES string of the molecule is O=Cc1ccc(C(F)(F)F)cc1C=CCC(=O)O. The van der Waals surface area contributed by atoms with Gasteiger partial charge in [-0.1, -0.05) is 18.2 Å². The molecule has 1 rings (SSSR count). The van der Waals surface area contributed by atoms with Crippen LogP contribution in [0.25, 0.3) is 6.08 Å². The summed E-state index contributed by atoms with van der Waals surface area (Å²) in [5.74, 6) is -1.11. The van der Waals surface area contributed by atoms with Gasteiger partial charge in [0.1, 0.15) is 0 Å². The van der Waals surface area contributed by atoms with Crippen molar-refractivity contribution in [2.75, 3.05) is 0 Å². The molecule has 0 bridgehead atoms. The molecule has 0 saturated heterocycles. The number of aliphatic carboxylic acids is 1. The summed E-state index contributed by atoms with van der Waals surface area (Å²) in [6.07, 6.45) is -2.04. The van der Waals surface area contributed by atoms with E-state index in [1.165, 1.54) is 12.2 Å². The minimum Gasteiger partial charge on any atom is -0.481 e. The van der Waals surface area contributed by atoms with Gasteiger partial charge in [0, 0.05) is 5.56 Å². The van der Waals surface area contributed by atoms with Crippen LogP contribution < -0.4 is 0 Å². The molecule has 0 spiro atoms. The molecule has 0 aliphatic heterocycles. The van der Waals surface area contributed by atoms with Crippen molar-refractivity contribution >= 4 is 18.3 Å². The molecular weight excluding hydrogens is 249 g/mol. The number of carbonyl (C=O) groups is 2. The maximum absolute atomic E-state index is 12.4. The molecule has 18 heavy (non-hydrogen) atoms. The van der Waals surface area contributed by atoms with Crippen LogP contribution in [0.4, 0.5) is 13.2 Å². The highest BCUT2D eigenvalue weighted by Gasteiger charge is 2.30. The molecule has 1 aromatic carbocycles. The second-order valence-electron chi connectivity index (χ2n) is 3.46. The number of carboxylic acids is 1. The van der Waals surface area contributed by atoms with Gasteiger partial charge in [0.25, 0.3) is 0 Å². The van der Waals surface area contributed by atoms with Crippen molar-refractivity contribution in [3.05, 3.63) is 41.0 Å². The van der Waals surface area contributed by atoms with Crippen LogP contribution >= 0.6 is 0 Å².